The minimum absolute atomic E-state index is 0.623. The molecule has 0 saturated heterocycles. The van der Waals surface area contributed by atoms with Crippen LogP contribution in [0, 0.1) is 5.92 Å². The molecular weight excluding hydrogens is 248 g/mol. The minimum Gasteiger partial charge on any atom is -0.497 e. The molecule has 3 heteroatoms. The normalized spacial score (nSPS) is 17.7. The predicted molar refractivity (Wildman–Crippen MR) is 83.7 cm³/mol. The van der Waals surface area contributed by atoms with E-state index in [1.54, 1.807) is 7.11 Å². The molecule has 1 unspecified atom stereocenters. The summed E-state index contributed by atoms with van der Waals surface area (Å²) in [4.78, 5) is 2.34. The summed E-state index contributed by atoms with van der Waals surface area (Å²) in [5.41, 5.74) is 10.5. The van der Waals surface area contributed by atoms with Crippen molar-refractivity contribution in [3.05, 3.63) is 48.0 Å². The SMILES string of the molecule is COc1cc(N)cc(N2CC(C)Cc3ccccc32)c1. The molecule has 3 nitrogen and oxygen atoms in total. The number of anilines is 3. The average molecular weight is 268 g/mol. The van der Waals surface area contributed by atoms with Crippen molar-refractivity contribution in [1.82, 2.24) is 0 Å². The number of nitrogen functional groups attached to an aromatic ring is 1. The maximum Gasteiger partial charge on any atom is 0.122 e. The van der Waals surface area contributed by atoms with E-state index in [9.17, 15) is 0 Å². The third-order valence-corrected chi connectivity index (χ3v) is 3.81. The van der Waals surface area contributed by atoms with Crippen LogP contribution in [0.2, 0.25) is 0 Å². The molecule has 0 bridgehead atoms. The third kappa shape index (κ3) is 2.31. The van der Waals surface area contributed by atoms with Crippen molar-refractivity contribution in [1.29, 1.82) is 0 Å². The van der Waals surface area contributed by atoms with Crippen LogP contribution in [0.5, 0.6) is 5.75 Å². The second-order valence-corrected chi connectivity index (χ2v) is 5.51. The summed E-state index contributed by atoms with van der Waals surface area (Å²) in [5, 5.41) is 0. The van der Waals surface area contributed by atoms with Gasteiger partial charge in [0.1, 0.15) is 5.75 Å². The van der Waals surface area contributed by atoms with E-state index >= 15 is 0 Å². The largest absolute Gasteiger partial charge is 0.497 e. The Kier molecular flexibility index (Phi) is 3.26. The molecule has 1 aliphatic heterocycles. The first-order chi connectivity index (χ1) is 9.67. The molecule has 1 atom stereocenters. The minimum atomic E-state index is 0.623. The van der Waals surface area contributed by atoms with Gasteiger partial charge in [-0.15, -0.1) is 0 Å². The third-order valence-electron chi connectivity index (χ3n) is 3.81. The predicted octanol–water partition coefficient (Wildman–Crippen LogP) is 3.61. The van der Waals surface area contributed by atoms with Gasteiger partial charge in [-0.3, -0.25) is 0 Å². The lowest BCUT2D eigenvalue weighted by Gasteiger charge is -2.35. The van der Waals surface area contributed by atoms with Gasteiger partial charge in [0.15, 0.2) is 0 Å². The second kappa shape index (κ2) is 5.08. The van der Waals surface area contributed by atoms with E-state index in [2.05, 4.69) is 36.1 Å². The van der Waals surface area contributed by atoms with E-state index < -0.39 is 0 Å². The first kappa shape index (κ1) is 12.9. The molecule has 0 aromatic heterocycles. The maximum absolute atomic E-state index is 5.99. The fourth-order valence-electron chi connectivity index (χ4n) is 2.92. The summed E-state index contributed by atoms with van der Waals surface area (Å²) < 4.78 is 5.33. The van der Waals surface area contributed by atoms with Crippen LogP contribution in [0.1, 0.15) is 12.5 Å². The number of nitrogens with zero attached hydrogens (tertiary/aromatic N) is 1. The van der Waals surface area contributed by atoms with Gasteiger partial charge in [-0.1, -0.05) is 25.1 Å². The first-order valence-corrected chi connectivity index (χ1v) is 6.97. The van der Waals surface area contributed by atoms with Crippen molar-refractivity contribution in [2.24, 2.45) is 5.92 Å². The summed E-state index contributed by atoms with van der Waals surface area (Å²) in [6.07, 6.45) is 1.13. The highest BCUT2D eigenvalue weighted by molar-refractivity contribution is 5.71. The zero-order valence-electron chi connectivity index (χ0n) is 12.0. The number of benzene rings is 2. The molecule has 0 saturated carbocycles. The smallest absolute Gasteiger partial charge is 0.122 e. The highest BCUT2D eigenvalue weighted by Crippen LogP contribution is 2.37. The van der Waals surface area contributed by atoms with Gasteiger partial charge in [-0.05, 0) is 30.0 Å². The van der Waals surface area contributed by atoms with Crippen LogP contribution < -0.4 is 15.4 Å². The molecule has 1 aliphatic rings. The van der Waals surface area contributed by atoms with E-state index in [4.69, 9.17) is 10.5 Å². The summed E-state index contributed by atoms with van der Waals surface area (Å²) in [5.74, 6) is 1.42. The Morgan fingerprint density at radius 3 is 2.80 bits per heavy atom. The van der Waals surface area contributed by atoms with Gasteiger partial charge < -0.3 is 15.4 Å². The number of rotatable bonds is 2. The summed E-state index contributed by atoms with van der Waals surface area (Å²) in [6.45, 7) is 3.29. The molecule has 0 aliphatic carbocycles. The van der Waals surface area contributed by atoms with Gasteiger partial charge in [0.2, 0.25) is 0 Å². The van der Waals surface area contributed by atoms with Crippen molar-refractivity contribution in [3.63, 3.8) is 0 Å². The molecule has 3 rings (SSSR count). The Morgan fingerprint density at radius 1 is 1.20 bits per heavy atom. The Balaban J connectivity index is 2.08. The highest BCUT2D eigenvalue weighted by Gasteiger charge is 2.22. The number of nitrogens with two attached hydrogens (primary N) is 1. The van der Waals surface area contributed by atoms with Crippen LogP contribution in [0.15, 0.2) is 42.5 Å². The zero-order chi connectivity index (χ0) is 14.1. The lowest BCUT2D eigenvalue weighted by molar-refractivity contribution is 0.415. The van der Waals surface area contributed by atoms with Gasteiger partial charge in [0.25, 0.3) is 0 Å². The van der Waals surface area contributed by atoms with Crippen molar-refractivity contribution in [3.8, 4) is 5.75 Å². The van der Waals surface area contributed by atoms with Crippen LogP contribution in [0.25, 0.3) is 0 Å². The van der Waals surface area contributed by atoms with Gasteiger partial charge in [0, 0.05) is 35.7 Å². The average Bonchev–Trinajstić information content (AvgIpc) is 2.45. The van der Waals surface area contributed by atoms with Gasteiger partial charge in [0.05, 0.1) is 7.11 Å². The quantitative estimate of drug-likeness (QED) is 0.846. The van der Waals surface area contributed by atoms with Gasteiger partial charge in [-0.25, -0.2) is 0 Å². The van der Waals surface area contributed by atoms with Crippen LogP contribution in [0.3, 0.4) is 0 Å². The number of ether oxygens (including phenoxy) is 1. The van der Waals surface area contributed by atoms with Crippen LogP contribution in [0.4, 0.5) is 17.1 Å². The summed E-state index contributed by atoms with van der Waals surface area (Å²) in [6, 6.07) is 14.5. The Bertz CT molecular complexity index is 624. The molecule has 0 fully saturated rings. The van der Waals surface area contributed by atoms with Crippen molar-refractivity contribution in [2.45, 2.75) is 13.3 Å². The van der Waals surface area contributed by atoms with Crippen LogP contribution >= 0.6 is 0 Å². The number of para-hydroxylation sites is 1. The number of hydrogen-bond donors (Lipinski definition) is 1. The van der Waals surface area contributed by atoms with E-state index in [0.717, 1.165) is 30.1 Å². The number of methoxy groups -OCH3 is 1. The monoisotopic (exact) mass is 268 g/mol. The molecule has 2 aromatic carbocycles. The topological polar surface area (TPSA) is 38.5 Å². The molecule has 1 heterocycles. The molecular formula is C17H20N2O. The maximum atomic E-state index is 5.99. The van der Waals surface area contributed by atoms with E-state index in [1.807, 2.05) is 18.2 Å². The molecule has 2 aromatic rings. The molecule has 0 amide bonds. The fraction of sp³-hybridized carbons (Fsp3) is 0.294. The highest BCUT2D eigenvalue weighted by atomic mass is 16.5. The lowest BCUT2D eigenvalue weighted by Crippen LogP contribution is -2.30. The fourth-order valence-corrected chi connectivity index (χ4v) is 2.92. The molecule has 0 radical (unpaired) electrons. The van der Waals surface area contributed by atoms with Gasteiger partial charge in [-0.2, -0.15) is 0 Å². The van der Waals surface area contributed by atoms with Gasteiger partial charge >= 0.3 is 0 Å². The number of hydrogen-bond acceptors (Lipinski definition) is 3. The Morgan fingerprint density at radius 2 is 2.00 bits per heavy atom. The van der Waals surface area contributed by atoms with Crippen molar-refractivity contribution < 1.29 is 4.74 Å². The summed E-state index contributed by atoms with van der Waals surface area (Å²) in [7, 11) is 1.67. The van der Waals surface area contributed by atoms with Crippen molar-refractivity contribution in [2.75, 3.05) is 24.3 Å². The second-order valence-electron chi connectivity index (χ2n) is 5.51. The molecule has 20 heavy (non-hydrogen) atoms. The van der Waals surface area contributed by atoms with E-state index in [1.165, 1.54) is 11.3 Å². The number of fused-ring (bicyclic) bond motifs is 1. The Hall–Kier alpha value is -2.16. The molecule has 104 valence electrons. The van der Waals surface area contributed by atoms with Crippen LogP contribution in [-0.4, -0.2) is 13.7 Å². The van der Waals surface area contributed by atoms with E-state index in [-0.39, 0.29) is 0 Å². The Labute approximate surface area is 120 Å². The first-order valence-electron chi connectivity index (χ1n) is 6.97. The van der Waals surface area contributed by atoms with Crippen LogP contribution in [-0.2, 0) is 6.42 Å². The van der Waals surface area contributed by atoms with Crippen molar-refractivity contribution >= 4 is 17.1 Å². The van der Waals surface area contributed by atoms with E-state index in [0.29, 0.717) is 5.92 Å². The summed E-state index contributed by atoms with van der Waals surface area (Å²) >= 11 is 0. The zero-order valence-corrected chi connectivity index (χ0v) is 12.0. The molecule has 0 spiro atoms. The molecule has 2 N–H and O–H groups in total. The standard InChI is InChI=1S/C17H20N2O/c1-12-7-13-5-3-4-6-17(13)19(11-12)15-8-14(18)9-16(10-15)20-2/h3-6,8-10,12H,7,11,18H2,1-2H3. The lowest BCUT2D eigenvalue weighted by atomic mass is 9.93.